The van der Waals surface area contributed by atoms with Crippen LogP contribution in [0.5, 0.6) is 0 Å². The third-order valence-corrected chi connectivity index (χ3v) is 11.2. The second kappa shape index (κ2) is 18.1. The largest absolute Gasteiger partial charge is 0.346 e. The molecule has 50 heavy (non-hydrogen) atoms. The molecule has 2 aliphatic rings. The Labute approximate surface area is 302 Å². The van der Waals surface area contributed by atoms with Gasteiger partial charge in [-0.3, -0.25) is 28.8 Å². The molecule has 1 saturated carbocycles. The summed E-state index contributed by atoms with van der Waals surface area (Å²) in [5.41, 5.74) is -1.25. The summed E-state index contributed by atoms with van der Waals surface area (Å²) in [5, 5.41) is 13.2. The first-order valence-electron chi connectivity index (χ1n) is 18.2. The quantitative estimate of drug-likeness (QED) is 0.143. The van der Waals surface area contributed by atoms with E-state index in [0.717, 1.165) is 38.5 Å². The Morgan fingerprint density at radius 3 is 2.30 bits per heavy atom. The number of hydrogen-bond acceptors (Lipinski definition) is 7. The summed E-state index contributed by atoms with van der Waals surface area (Å²) in [7, 11) is 0. The average Bonchev–Trinajstić information content (AvgIpc) is 3.77. The van der Waals surface area contributed by atoms with Crippen molar-refractivity contribution in [3.8, 4) is 0 Å². The molecule has 278 valence electrons. The van der Waals surface area contributed by atoms with Gasteiger partial charge in [-0.15, -0.1) is 17.9 Å². The van der Waals surface area contributed by atoms with Gasteiger partial charge in [0, 0.05) is 13.1 Å². The molecule has 1 aromatic rings. The third-order valence-electron chi connectivity index (χ3n) is 10.3. The third kappa shape index (κ3) is 10.5. The Hall–Kier alpha value is -3.54. The maximum atomic E-state index is 14.6. The molecule has 12 heteroatoms. The summed E-state index contributed by atoms with van der Waals surface area (Å²) in [6, 6.07) is -0.296. The van der Waals surface area contributed by atoms with Crippen LogP contribution in [0.2, 0.25) is 0 Å². The van der Waals surface area contributed by atoms with Crippen molar-refractivity contribution in [2.24, 2.45) is 22.7 Å². The summed E-state index contributed by atoms with van der Waals surface area (Å²) in [5.74, 6) is -3.02. The molecule has 4 N–H and O–H groups in total. The van der Waals surface area contributed by atoms with Crippen LogP contribution in [0, 0.1) is 22.7 Å². The predicted molar refractivity (Wildman–Crippen MR) is 196 cm³/mol. The molecule has 0 radical (unpaired) electrons. The van der Waals surface area contributed by atoms with Crippen LogP contribution in [0.15, 0.2) is 30.2 Å². The van der Waals surface area contributed by atoms with E-state index in [1.54, 1.807) is 12.1 Å². The van der Waals surface area contributed by atoms with E-state index in [1.165, 1.54) is 22.3 Å². The van der Waals surface area contributed by atoms with E-state index in [0.29, 0.717) is 24.3 Å². The number of ketones is 1. The first-order valence-corrected chi connectivity index (χ1v) is 19.1. The van der Waals surface area contributed by atoms with E-state index in [9.17, 15) is 28.8 Å². The zero-order valence-electron chi connectivity index (χ0n) is 31.1. The fourth-order valence-electron chi connectivity index (χ4n) is 7.05. The highest BCUT2D eigenvalue weighted by Crippen LogP contribution is 2.40. The molecule has 1 aliphatic carbocycles. The van der Waals surface area contributed by atoms with Gasteiger partial charge in [0.1, 0.15) is 18.1 Å². The second-order valence-electron chi connectivity index (χ2n) is 15.7. The number of nitrogens with zero attached hydrogens (tertiary/aromatic N) is 1. The summed E-state index contributed by atoms with van der Waals surface area (Å²) < 4.78 is 0. The Kier molecular flexibility index (Phi) is 14.8. The molecule has 1 saturated heterocycles. The number of Topliss-reactive ketones (excluding diaryl/α,β-unsaturated/α-hetero) is 1. The molecule has 1 aliphatic heterocycles. The first-order chi connectivity index (χ1) is 23.5. The lowest BCUT2D eigenvalue weighted by Gasteiger charge is -2.42. The topological polar surface area (TPSA) is 154 Å². The summed E-state index contributed by atoms with van der Waals surface area (Å²) >= 11 is 1.30. The SMILES string of the molecule is C=CCNC(=O)C(=O)C(CCCC)NC(=O)[C@@H]1C[C@@H](C(C)C)CN1C(=O)[C@@H](NC(=O)[C@@H](NC(=O)c1cccs1)C1(C)CCCCC1)C(C)(C)C. The molecule has 0 bridgehead atoms. The summed E-state index contributed by atoms with van der Waals surface area (Å²) in [6.07, 6.45) is 7.99. The van der Waals surface area contributed by atoms with E-state index >= 15 is 0 Å². The Morgan fingerprint density at radius 1 is 1.06 bits per heavy atom. The zero-order chi connectivity index (χ0) is 37.2. The molecule has 0 aromatic carbocycles. The normalized spacial score (nSPS) is 20.7. The highest BCUT2D eigenvalue weighted by atomic mass is 32.1. The molecule has 5 atom stereocenters. The van der Waals surface area contributed by atoms with Crippen LogP contribution >= 0.6 is 11.3 Å². The molecule has 5 amide bonds. The number of nitrogens with one attached hydrogen (secondary N) is 4. The molecule has 3 rings (SSSR count). The van der Waals surface area contributed by atoms with Gasteiger partial charge in [0.15, 0.2) is 0 Å². The van der Waals surface area contributed by atoms with Crippen molar-refractivity contribution < 1.29 is 28.8 Å². The van der Waals surface area contributed by atoms with Crippen molar-refractivity contribution >= 4 is 46.7 Å². The van der Waals surface area contributed by atoms with Crippen molar-refractivity contribution in [1.82, 2.24) is 26.2 Å². The van der Waals surface area contributed by atoms with Crippen molar-refractivity contribution in [2.45, 2.75) is 130 Å². The van der Waals surface area contributed by atoms with Crippen molar-refractivity contribution in [1.29, 1.82) is 0 Å². The molecular weight excluding hydrogens is 655 g/mol. The fourth-order valence-corrected chi connectivity index (χ4v) is 7.68. The van der Waals surface area contributed by atoms with Crippen molar-refractivity contribution in [3.05, 3.63) is 35.0 Å². The van der Waals surface area contributed by atoms with Gasteiger partial charge in [-0.1, -0.05) is 92.7 Å². The zero-order valence-corrected chi connectivity index (χ0v) is 31.9. The average molecular weight is 714 g/mol. The molecular formula is C38H59N5O6S. The highest BCUT2D eigenvalue weighted by Gasteiger charge is 2.48. The van der Waals surface area contributed by atoms with E-state index in [-0.39, 0.29) is 30.7 Å². The van der Waals surface area contributed by atoms with Gasteiger partial charge in [0.2, 0.25) is 23.5 Å². The van der Waals surface area contributed by atoms with Crippen LogP contribution in [0.3, 0.4) is 0 Å². The minimum atomic E-state index is -1.04. The van der Waals surface area contributed by atoms with Gasteiger partial charge in [-0.05, 0) is 59.8 Å². The summed E-state index contributed by atoms with van der Waals surface area (Å²) in [4.78, 5) is 83.9. The lowest BCUT2D eigenvalue weighted by Crippen LogP contribution is -2.63. The molecule has 11 nitrogen and oxygen atoms in total. The number of hydrogen-bond donors (Lipinski definition) is 4. The van der Waals surface area contributed by atoms with Gasteiger partial charge in [-0.25, -0.2) is 0 Å². The van der Waals surface area contributed by atoms with Gasteiger partial charge in [0.05, 0.1) is 10.9 Å². The molecule has 1 aromatic heterocycles. The van der Waals surface area contributed by atoms with Gasteiger partial charge in [0.25, 0.3) is 11.8 Å². The highest BCUT2D eigenvalue weighted by molar-refractivity contribution is 7.12. The number of rotatable bonds is 16. The van der Waals surface area contributed by atoms with Crippen molar-refractivity contribution in [2.75, 3.05) is 13.1 Å². The van der Waals surface area contributed by atoms with E-state index in [4.69, 9.17) is 0 Å². The standard InChI is InChI=1S/C38H59N5O6S/c1-9-11-16-26(29(44)34(47)39-20-10-2)40-32(45)27-22-25(24(3)4)23-43(27)36(49)31(37(5,6)7)42-35(48)30(38(8)18-13-12-14-19-38)41-33(46)28-17-15-21-50-28/h10,15,17,21,24-27,30-31H,2,9,11-14,16,18-20,22-23H2,1,3-8H3,(H,39,47)(H,40,45)(H,41,46)(H,42,48)/t25-,26?,27+,30-,31-/m1/s1. The van der Waals surface area contributed by atoms with Gasteiger partial charge in [-0.2, -0.15) is 0 Å². The number of amides is 5. The fraction of sp³-hybridized carbons (Fsp3) is 0.684. The lowest BCUT2D eigenvalue weighted by atomic mass is 9.70. The van der Waals surface area contributed by atoms with E-state index in [2.05, 4.69) is 27.8 Å². The van der Waals surface area contributed by atoms with Gasteiger partial charge >= 0.3 is 0 Å². The monoisotopic (exact) mass is 713 g/mol. The number of carbonyl (C=O) groups is 6. The number of thiophene rings is 1. The van der Waals surface area contributed by atoms with Crippen LogP contribution in [0.1, 0.15) is 116 Å². The van der Waals surface area contributed by atoms with Crippen LogP contribution in [0.4, 0.5) is 0 Å². The lowest BCUT2D eigenvalue weighted by molar-refractivity contribution is -0.145. The van der Waals surface area contributed by atoms with Crippen LogP contribution in [-0.2, 0) is 24.0 Å². The smallest absolute Gasteiger partial charge is 0.289 e. The number of carbonyl (C=O) groups excluding carboxylic acids is 6. The number of likely N-dealkylation sites (tertiary alicyclic amines) is 1. The molecule has 2 fully saturated rings. The Balaban J connectivity index is 1.91. The molecule has 0 spiro atoms. The molecule has 1 unspecified atom stereocenters. The van der Waals surface area contributed by atoms with Crippen molar-refractivity contribution in [3.63, 3.8) is 0 Å². The van der Waals surface area contributed by atoms with E-state index < -0.39 is 64.4 Å². The Morgan fingerprint density at radius 2 is 1.74 bits per heavy atom. The second-order valence-corrected chi connectivity index (χ2v) is 16.7. The maximum Gasteiger partial charge on any atom is 0.289 e. The first kappa shape index (κ1) is 40.9. The predicted octanol–water partition coefficient (Wildman–Crippen LogP) is 4.77. The Bertz CT molecular complexity index is 1360. The minimum absolute atomic E-state index is 0.00526. The van der Waals surface area contributed by atoms with Crippen LogP contribution in [-0.4, -0.2) is 77.5 Å². The van der Waals surface area contributed by atoms with Gasteiger partial charge < -0.3 is 26.2 Å². The van der Waals surface area contributed by atoms with Crippen LogP contribution in [0.25, 0.3) is 0 Å². The van der Waals surface area contributed by atoms with E-state index in [1.807, 2.05) is 53.8 Å². The molecule has 2 heterocycles. The maximum absolute atomic E-state index is 14.6. The van der Waals surface area contributed by atoms with Crippen LogP contribution < -0.4 is 21.3 Å². The summed E-state index contributed by atoms with van der Waals surface area (Å²) in [6.45, 7) is 17.7. The minimum Gasteiger partial charge on any atom is -0.346 e. The number of unbranched alkanes of at least 4 members (excludes halogenated alkanes) is 1.